The maximum Gasteiger partial charge on any atom is 0.305 e. The summed E-state index contributed by atoms with van der Waals surface area (Å²) < 4.78 is 74.6. The smallest absolute Gasteiger partial charge is 0.305 e. The van der Waals surface area contributed by atoms with E-state index in [1.165, 1.54) is 25.7 Å². The van der Waals surface area contributed by atoms with Crippen LogP contribution in [0, 0.1) is 0 Å². The maximum absolute atomic E-state index is 12.3. The highest BCUT2D eigenvalue weighted by Crippen LogP contribution is 2.46. The van der Waals surface area contributed by atoms with E-state index >= 15 is 0 Å². The lowest BCUT2D eigenvalue weighted by Gasteiger charge is -2.37. The first-order valence-electron chi connectivity index (χ1n) is 39.9. The normalized spacial score (nSPS) is 29.0. The molecule has 0 amide bonds. The van der Waals surface area contributed by atoms with Crippen molar-refractivity contribution in [1.82, 2.24) is 0 Å². The summed E-state index contributed by atoms with van der Waals surface area (Å²) in [6, 6.07) is 0. The number of aliphatic hydroxyl groups excluding tert-OH is 5. The molecule has 7 fully saturated rings. The molecule has 6 N–H and O–H groups in total. The number of rotatable bonds is 44. The zero-order chi connectivity index (χ0) is 77.6. The molecule has 7 aliphatic rings. The third kappa shape index (κ3) is 38.4. The van der Waals surface area contributed by atoms with Crippen LogP contribution in [-0.2, 0) is 76.0 Å². The highest BCUT2D eigenvalue weighted by Gasteiger charge is 2.62. The van der Waals surface area contributed by atoms with E-state index in [0.717, 1.165) is 148 Å². The van der Waals surface area contributed by atoms with Crippen molar-refractivity contribution in [3.8, 4) is 0 Å². The number of hydrogen-bond acceptors (Lipinski definition) is 21. The molecule has 106 heavy (non-hydrogen) atoms. The van der Waals surface area contributed by atoms with Crippen molar-refractivity contribution in [3.05, 3.63) is 109 Å². The van der Waals surface area contributed by atoms with Crippen LogP contribution in [0.4, 0.5) is 0 Å². The van der Waals surface area contributed by atoms with Gasteiger partial charge in [-0.15, -0.1) is 0 Å². The minimum atomic E-state index is -1.62. The van der Waals surface area contributed by atoms with Gasteiger partial charge in [-0.3, -0.25) is 14.4 Å². The third-order valence-electron chi connectivity index (χ3n) is 18.3. The van der Waals surface area contributed by atoms with Gasteiger partial charge in [-0.2, -0.15) is 0 Å². The number of fused-ring (bicyclic) bond motifs is 6. The fourth-order valence-corrected chi connectivity index (χ4v) is 12.9. The van der Waals surface area contributed by atoms with Crippen molar-refractivity contribution < 1.29 is 107 Å². The number of unbranched alkanes of at least 4 members (excludes halogenated alkanes) is 15. The first-order chi connectivity index (χ1) is 50.8. The van der Waals surface area contributed by atoms with Crippen LogP contribution in [0.25, 0.3) is 0 Å². The first-order valence-corrected chi connectivity index (χ1v) is 39.9. The molecule has 7 heterocycles. The van der Waals surface area contributed by atoms with Crippen LogP contribution in [0.1, 0.15) is 269 Å². The second-order valence-electron chi connectivity index (χ2n) is 29.7. The van der Waals surface area contributed by atoms with E-state index in [9.17, 15) is 39.9 Å². The van der Waals surface area contributed by atoms with Crippen molar-refractivity contribution >= 4 is 17.9 Å². The van der Waals surface area contributed by atoms with Gasteiger partial charge in [0, 0.05) is 19.3 Å². The predicted molar refractivity (Wildman–Crippen MR) is 408 cm³/mol. The molecule has 0 bridgehead atoms. The SMILES string of the molecule is CC/C=C\C/C=C\C/C=C\CCCCCCCC(=O)O.CC/C=C\C/C=C\C/C=C\CCCCCCCC(=O)OC[C@H]1OC(O)[C@H](O)[C@@H](O)[C@H]1O.CC/C=C\C/C=C\C/C=C\CCCCCCCC(=O)OC[C@H]1O[C@@H]2OC(C)(C)O[C@@H]2[C@H]2OC(C)(C)O[C@H]21.CC1(C)O[C@H]2[C@@H](O1)[C@@H](CO)O[C@@H]1OC(C)(C)O[C@@H]12. The Hall–Kier alpha value is -4.57. The van der Waals surface area contributed by atoms with Gasteiger partial charge in [0.2, 0.25) is 0 Å². The molecule has 7 saturated heterocycles. The number of aliphatic hydroxyl groups is 5. The first kappa shape index (κ1) is 93.8. The number of carbonyl (C=O) groups excluding carboxylic acids is 2. The lowest BCUT2D eigenvalue weighted by atomic mass is 9.99. The molecule has 0 aliphatic carbocycles. The molecule has 22 nitrogen and oxygen atoms in total. The van der Waals surface area contributed by atoms with Crippen molar-refractivity contribution in [2.75, 3.05) is 19.8 Å². The Bertz CT molecular complexity index is 2680. The molecule has 0 saturated carbocycles. The van der Waals surface area contributed by atoms with E-state index in [2.05, 4.69) is 130 Å². The van der Waals surface area contributed by atoms with Gasteiger partial charge in [-0.1, -0.05) is 188 Å². The molecular formula is C84H138O22. The molecule has 15 atom stereocenters. The van der Waals surface area contributed by atoms with E-state index in [0.29, 0.717) is 12.8 Å². The molecule has 7 aliphatic heterocycles. The number of carboxylic acids is 1. The number of aliphatic carboxylic acids is 1. The van der Waals surface area contributed by atoms with Crippen LogP contribution < -0.4 is 0 Å². The molecule has 606 valence electrons. The Morgan fingerprint density at radius 1 is 0.330 bits per heavy atom. The summed E-state index contributed by atoms with van der Waals surface area (Å²) in [6.45, 7) is 20.9. The average Bonchev–Trinajstić information content (AvgIpc) is 1.60. The molecule has 0 spiro atoms. The zero-order valence-electron chi connectivity index (χ0n) is 66.1. The van der Waals surface area contributed by atoms with E-state index < -0.39 is 90.6 Å². The fourth-order valence-electron chi connectivity index (χ4n) is 12.9. The highest BCUT2D eigenvalue weighted by molar-refractivity contribution is 5.69. The maximum atomic E-state index is 12.3. The van der Waals surface area contributed by atoms with Crippen LogP contribution in [0.5, 0.6) is 0 Å². The summed E-state index contributed by atoms with van der Waals surface area (Å²) in [6.07, 6.45) is 58.0. The second-order valence-corrected chi connectivity index (χ2v) is 29.7. The Labute approximate surface area is 635 Å². The minimum absolute atomic E-state index is 0.114. The zero-order valence-corrected chi connectivity index (χ0v) is 66.1. The monoisotopic (exact) mass is 1500 g/mol. The molecular weight excluding hydrogens is 1360 g/mol. The Kier molecular flexibility index (Phi) is 46.5. The van der Waals surface area contributed by atoms with Gasteiger partial charge < -0.3 is 92.2 Å². The molecule has 1 unspecified atom stereocenters. The predicted octanol–water partition coefficient (Wildman–Crippen LogP) is 15.5. The lowest BCUT2D eigenvalue weighted by molar-refractivity contribution is -0.287. The minimum Gasteiger partial charge on any atom is -0.481 e. The summed E-state index contributed by atoms with van der Waals surface area (Å²) in [4.78, 5) is 34.5. The second kappa shape index (κ2) is 52.6. The number of carboxylic acid groups (broad SMARTS) is 1. The van der Waals surface area contributed by atoms with E-state index in [1.807, 2.05) is 55.4 Å². The topological polar surface area (TPSA) is 293 Å². The summed E-state index contributed by atoms with van der Waals surface area (Å²) in [5.41, 5.74) is 0. The summed E-state index contributed by atoms with van der Waals surface area (Å²) >= 11 is 0. The summed E-state index contributed by atoms with van der Waals surface area (Å²) in [7, 11) is 0. The van der Waals surface area contributed by atoms with Gasteiger partial charge in [0.05, 0.1) is 6.61 Å². The van der Waals surface area contributed by atoms with Crippen molar-refractivity contribution in [3.63, 3.8) is 0 Å². The largest absolute Gasteiger partial charge is 0.481 e. The summed E-state index contributed by atoms with van der Waals surface area (Å²) in [5.74, 6) is -4.22. The van der Waals surface area contributed by atoms with Gasteiger partial charge >= 0.3 is 17.9 Å². The van der Waals surface area contributed by atoms with Crippen LogP contribution in [0.15, 0.2) is 109 Å². The Morgan fingerprint density at radius 2 is 0.632 bits per heavy atom. The molecule has 0 aromatic rings. The number of ether oxygens (including phenoxy) is 13. The van der Waals surface area contributed by atoms with Gasteiger partial charge in [0.25, 0.3) is 0 Å². The van der Waals surface area contributed by atoms with E-state index in [-0.39, 0.29) is 68.8 Å². The number of allylic oxidation sites excluding steroid dienone is 18. The number of esters is 2. The third-order valence-corrected chi connectivity index (χ3v) is 18.3. The molecule has 0 radical (unpaired) electrons. The van der Waals surface area contributed by atoms with Gasteiger partial charge in [0.1, 0.15) is 86.5 Å². The Balaban J connectivity index is 0.000000311. The van der Waals surface area contributed by atoms with Gasteiger partial charge in [-0.25, -0.2) is 0 Å². The van der Waals surface area contributed by atoms with Crippen LogP contribution in [-0.4, -0.2) is 184 Å². The average molecular weight is 1500 g/mol. The molecule has 0 aromatic heterocycles. The quantitative estimate of drug-likeness (QED) is 0.0188. The van der Waals surface area contributed by atoms with Crippen molar-refractivity contribution in [2.45, 2.75) is 384 Å². The van der Waals surface area contributed by atoms with Crippen molar-refractivity contribution in [2.24, 2.45) is 0 Å². The molecule has 0 aromatic carbocycles. The van der Waals surface area contributed by atoms with E-state index in [1.54, 1.807) is 0 Å². The lowest BCUT2D eigenvalue weighted by Crippen LogP contribution is -2.58. The van der Waals surface area contributed by atoms with E-state index in [4.69, 9.17) is 66.7 Å². The van der Waals surface area contributed by atoms with Crippen molar-refractivity contribution in [1.29, 1.82) is 0 Å². The van der Waals surface area contributed by atoms with Crippen LogP contribution in [0.2, 0.25) is 0 Å². The standard InChI is InChI=1S/C30H48O7.C24H40O7.C18H30O2.C12H20O6/c1-6-7-8-9-10-11-12-13-14-15-16-17-18-19-20-21-24(31)32-22-23-25-26(35-29(2,3)34-25)27-28(33-23)37-30(4,5)36-27;1-2-3-4-5-6-7-8-9-10-11-12-13-14-15-16-17-20(25)30-18-19-21(26)22(27)23(28)24(29)31-19;1-2-3-4-5-6-7-8-9-10-11-12-13-14-15-16-17-18(19)20;1-11(2)15-7-6(5-13)14-10-9(8(7)16-11)17-12(3,4)18-10/h7-8,10-11,13-14,23,25-28H,6,9,12,15-22H2,1-5H3;3-4,6-7,9-10,19,21-24,26-29H,2,5,8,11-18H2,1H3;3-4,6-7,9-10H,2,5,8,11-17H2,1H3,(H,19,20);6-10,13H,5H2,1-4H3/b8-7-,11-10-,14-13-;2*4-3-,7-6-,10-9-;/t23-,25+,26+,27-,28-;19-,21+,22+,23-,24?;;6-,7+,8+,9-,10-/m11.1/s1. The van der Waals surface area contributed by atoms with Gasteiger partial charge in [-0.05, 0) is 171 Å². The number of carbonyl (C=O) groups is 3. The number of hydrogen-bond donors (Lipinski definition) is 6. The van der Waals surface area contributed by atoms with Crippen LogP contribution >= 0.6 is 0 Å². The fraction of sp³-hybridized carbons (Fsp3) is 0.750. The highest BCUT2D eigenvalue weighted by atomic mass is 16.9. The molecule has 7 rings (SSSR count). The van der Waals surface area contributed by atoms with Gasteiger partial charge in [0.15, 0.2) is 42.0 Å². The molecule has 22 heteroatoms. The van der Waals surface area contributed by atoms with Crippen LogP contribution in [0.3, 0.4) is 0 Å². The Morgan fingerprint density at radius 3 is 1.01 bits per heavy atom. The summed E-state index contributed by atoms with van der Waals surface area (Å²) in [5, 5.41) is 56.2.